The molecule has 1 unspecified atom stereocenters. The van der Waals surface area contributed by atoms with Crippen molar-refractivity contribution in [1.29, 1.82) is 0 Å². The molecular weight excluding hydrogens is 208 g/mol. The molecule has 0 saturated heterocycles. The van der Waals surface area contributed by atoms with Crippen LogP contribution in [0.3, 0.4) is 0 Å². The summed E-state index contributed by atoms with van der Waals surface area (Å²) in [7, 11) is 0. The molecule has 0 bridgehead atoms. The molecule has 1 atom stereocenters. The Kier molecular flexibility index (Phi) is 4.65. The van der Waals surface area contributed by atoms with Gasteiger partial charge in [-0.2, -0.15) is 12.6 Å². The lowest BCUT2D eigenvalue weighted by Crippen LogP contribution is -2.41. The summed E-state index contributed by atoms with van der Waals surface area (Å²) in [6.07, 6.45) is 0. The Labute approximate surface area is 95.5 Å². The number of nitrogens with one attached hydrogen (secondary N) is 1. The highest BCUT2D eigenvalue weighted by Crippen LogP contribution is 2.02. The molecule has 0 aliphatic heterocycles. The van der Waals surface area contributed by atoms with Crippen LogP contribution >= 0.6 is 12.6 Å². The normalized spacial score (nSPS) is 12.2. The molecule has 1 aromatic carbocycles. The van der Waals surface area contributed by atoms with Gasteiger partial charge in [-0.25, -0.2) is 0 Å². The molecule has 0 spiro atoms. The Morgan fingerprint density at radius 1 is 1.47 bits per heavy atom. The third-order valence-corrected chi connectivity index (χ3v) is 2.51. The fourth-order valence-corrected chi connectivity index (χ4v) is 1.27. The average molecular weight is 224 g/mol. The van der Waals surface area contributed by atoms with E-state index < -0.39 is 6.04 Å². The molecule has 1 aromatic rings. The second-order valence-electron chi connectivity index (χ2n) is 3.49. The molecule has 0 aliphatic rings. The number of amides is 1. The number of rotatable bonds is 4. The van der Waals surface area contributed by atoms with E-state index in [1.165, 1.54) is 5.56 Å². The smallest absolute Gasteiger partial charge is 0.238 e. The van der Waals surface area contributed by atoms with Crippen molar-refractivity contribution >= 4 is 18.5 Å². The van der Waals surface area contributed by atoms with E-state index in [2.05, 4.69) is 17.9 Å². The van der Waals surface area contributed by atoms with Gasteiger partial charge in [0.25, 0.3) is 0 Å². The Morgan fingerprint density at radius 2 is 2.07 bits per heavy atom. The quantitative estimate of drug-likeness (QED) is 0.665. The van der Waals surface area contributed by atoms with Crippen LogP contribution in [0.2, 0.25) is 0 Å². The first kappa shape index (κ1) is 12.1. The zero-order chi connectivity index (χ0) is 11.3. The Morgan fingerprint density at radius 3 is 2.60 bits per heavy atom. The molecule has 0 aliphatic carbocycles. The van der Waals surface area contributed by atoms with Gasteiger partial charge in [0, 0.05) is 12.3 Å². The third-order valence-electron chi connectivity index (χ3n) is 2.12. The summed E-state index contributed by atoms with van der Waals surface area (Å²) in [5.74, 6) is 0.199. The minimum Gasteiger partial charge on any atom is -0.351 e. The first-order chi connectivity index (χ1) is 7.13. The highest BCUT2D eigenvalue weighted by Gasteiger charge is 2.09. The number of nitrogens with two attached hydrogens (primary N) is 1. The van der Waals surface area contributed by atoms with Crippen molar-refractivity contribution in [3.63, 3.8) is 0 Å². The fourth-order valence-electron chi connectivity index (χ4n) is 1.11. The molecule has 0 aromatic heterocycles. The topological polar surface area (TPSA) is 55.1 Å². The second-order valence-corrected chi connectivity index (χ2v) is 3.86. The largest absolute Gasteiger partial charge is 0.351 e. The number of carbonyl (C=O) groups excluding carboxylic acids is 1. The van der Waals surface area contributed by atoms with Gasteiger partial charge in [0.2, 0.25) is 5.91 Å². The Bertz CT molecular complexity index is 324. The van der Waals surface area contributed by atoms with Crippen LogP contribution in [-0.4, -0.2) is 17.7 Å². The predicted molar refractivity (Wildman–Crippen MR) is 64.9 cm³/mol. The van der Waals surface area contributed by atoms with Crippen LogP contribution in [0.25, 0.3) is 0 Å². The summed E-state index contributed by atoms with van der Waals surface area (Å²) in [4.78, 5) is 11.3. The zero-order valence-electron chi connectivity index (χ0n) is 8.73. The van der Waals surface area contributed by atoms with Crippen LogP contribution in [-0.2, 0) is 11.3 Å². The number of aryl methyl sites for hydroxylation is 1. The van der Waals surface area contributed by atoms with Gasteiger partial charge in [0.1, 0.15) is 0 Å². The highest BCUT2D eigenvalue weighted by molar-refractivity contribution is 7.80. The first-order valence-corrected chi connectivity index (χ1v) is 5.46. The van der Waals surface area contributed by atoms with Gasteiger partial charge in [-0.1, -0.05) is 29.8 Å². The molecule has 0 heterocycles. The van der Waals surface area contributed by atoms with E-state index in [0.29, 0.717) is 12.3 Å². The molecule has 1 rings (SSSR count). The molecule has 82 valence electrons. The van der Waals surface area contributed by atoms with Crippen LogP contribution in [0, 0.1) is 6.92 Å². The first-order valence-electron chi connectivity index (χ1n) is 4.83. The summed E-state index contributed by atoms with van der Waals surface area (Å²) < 4.78 is 0. The van der Waals surface area contributed by atoms with E-state index >= 15 is 0 Å². The Hall–Kier alpha value is -1.00. The lowest BCUT2D eigenvalue weighted by atomic mass is 10.1. The molecular formula is C11H16N2OS. The van der Waals surface area contributed by atoms with E-state index in [-0.39, 0.29) is 5.91 Å². The van der Waals surface area contributed by atoms with Crippen molar-refractivity contribution in [2.45, 2.75) is 19.5 Å². The third kappa shape index (κ3) is 3.93. The zero-order valence-corrected chi connectivity index (χ0v) is 9.63. The number of hydrogen-bond donors (Lipinski definition) is 3. The lowest BCUT2D eigenvalue weighted by molar-refractivity contribution is -0.122. The van der Waals surface area contributed by atoms with E-state index in [9.17, 15) is 4.79 Å². The maximum atomic E-state index is 11.3. The van der Waals surface area contributed by atoms with Gasteiger partial charge in [-0.15, -0.1) is 0 Å². The minimum absolute atomic E-state index is 0.162. The SMILES string of the molecule is Cc1ccc(CNC(=O)C(N)CS)cc1. The predicted octanol–water partition coefficient (Wildman–Crippen LogP) is 0.868. The molecule has 4 heteroatoms. The van der Waals surface area contributed by atoms with Crippen molar-refractivity contribution in [1.82, 2.24) is 5.32 Å². The van der Waals surface area contributed by atoms with Crippen LogP contribution in [0.15, 0.2) is 24.3 Å². The summed E-state index contributed by atoms with van der Waals surface area (Å²) in [5.41, 5.74) is 7.79. The fraction of sp³-hybridized carbons (Fsp3) is 0.364. The van der Waals surface area contributed by atoms with E-state index in [0.717, 1.165) is 5.56 Å². The van der Waals surface area contributed by atoms with Crippen LogP contribution in [0.5, 0.6) is 0 Å². The maximum absolute atomic E-state index is 11.3. The monoisotopic (exact) mass is 224 g/mol. The van der Waals surface area contributed by atoms with Gasteiger partial charge in [0.05, 0.1) is 6.04 Å². The van der Waals surface area contributed by atoms with Crippen molar-refractivity contribution < 1.29 is 4.79 Å². The van der Waals surface area contributed by atoms with E-state index in [1.54, 1.807) is 0 Å². The standard InChI is InChI=1S/C11H16N2OS/c1-8-2-4-9(5-3-8)6-13-11(14)10(12)7-15/h2-5,10,15H,6-7,12H2,1H3,(H,13,14). The van der Waals surface area contributed by atoms with E-state index in [1.807, 2.05) is 31.2 Å². The number of hydrogen-bond acceptors (Lipinski definition) is 3. The number of benzene rings is 1. The minimum atomic E-state index is -0.529. The van der Waals surface area contributed by atoms with Gasteiger partial charge in [0.15, 0.2) is 0 Å². The average Bonchev–Trinajstić information content (AvgIpc) is 2.26. The highest BCUT2D eigenvalue weighted by atomic mass is 32.1. The van der Waals surface area contributed by atoms with Crippen molar-refractivity contribution in [2.24, 2.45) is 5.73 Å². The Balaban J connectivity index is 2.43. The van der Waals surface area contributed by atoms with Gasteiger partial charge >= 0.3 is 0 Å². The van der Waals surface area contributed by atoms with Gasteiger partial charge in [-0.05, 0) is 12.5 Å². The molecule has 3 N–H and O–H groups in total. The maximum Gasteiger partial charge on any atom is 0.238 e. The second kappa shape index (κ2) is 5.78. The summed E-state index contributed by atoms with van der Waals surface area (Å²) in [6, 6.07) is 7.47. The number of carbonyl (C=O) groups is 1. The van der Waals surface area contributed by atoms with Gasteiger partial charge in [-0.3, -0.25) is 4.79 Å². The van der Waals surface area contributed by atoms with Crippen molar-refractivity contribution in [2.75, 3.05) is 5.75 Å². The van der Waals surface area contributed by atoms with Gasteiger partial charge < -0.3 is 11.1 Å². The van der Waals surface area contributed by atoms with Crippen molar-refractivity contribution in [3.05, 3.63) is 35.4 Å². The summed E-state index contributed by atoms with van der Waals surface area (Å²) >= 11 is 3.96. The molecule has 0 fully saturated rings. The molecule has 3 nitrogen and oxygen atoms in total. The van der Waals surface area contributed by atoms with E-state index in [4.69, 9.17) is 5.73 Å². The van der Waals surface area contributed by atoms with Crippen LogP contribution in [0.1, 0.15) is 11.1 Å². The molecule has 0 saturated carbocycles. The molecule has 0 radical (unpaired) electrons. The summed E-state index contributed by atoms with van der Waals surface area (Å²) in [5, 5.41) is 2.76. The summed E-state index contributed by atoms with van der Waals surface area (Å²) in [6.45, 7) is 2.54. The van der Waals surface area contributed by atoms with Crippen molar-refractivity contribution in [3.8, 4) is 0 Å². The lowest BCUT2D eigenvalue weighted by Gasteiger charge is -2.09. The number of thiol groups is 1. The molecule has 15 heavy (non-hydrogen) atoms. The van der Waals surface area contributed by atoms with Crippen LogP contribution < -0.4 is 11.1 Å². The molecule has 1 amide bonds. The van der Waals surface area contributed by atoms with Crippen LogP contribution in [0.4, 0.5) is 0 Å².